The summed E-state index contributed by atoms with van der Waals surface area (Å²) < 4.78 is 0. The number of hydrogen-bond donors (Lipinski definition) is 2. The van der Waals surface area contributed by atoms with Crippen LogP contribution in [0.15, 0.2) is 12.1 Å². The molecule has 0 aliphatic heterocycles. The fraction of sp³-hybridized carbons (Fsp3) is 0.600. The second kappa shape index (κ2) is 8.25. The predicted molar refractivity (Wildman–Crippen MR) is 76.5 cm³/mol. The zero-order valence-electron chi connectivity index (χ0n) is 11.1. The largest absolute Gasteiger partial charge is 0.506 e. The first-order valence-corrected chi connectivity index (χ1v) is 7.24. The molecule has 1 aromatic carbocycles. The van der Waals surface area contributed by atoms with Gasteiger partial charge in [-0.15, -0.1) is 0 Å². The van der Waals surface area contributed by atoms with Gasteiger partial charge >= 0.3 is 0 Å². The van der Waals surface area contributed by atoms with Crippen molar-refractivity contribution in [3.05, 3.63) is 22.7 Å². The van der Waals surface area contributed by atoms with E-state index in [-0.39, 0.29) is 16.5 Å². The molecule has 0 saturated heterocycles. The SMILES string of the molecule is CCCCCCCCCc1ccc(O)c(Cl)c1O. The normalized spacial score (nSPS) is 10.8. The third-order valence-electron chi connectivity index (χ3n) is 3.23. The third kappa shape index (κ3) is 4.77. The van der Waals surface area contributed by atoms with Crippen molar-refractivity contribution in [3.8, 4) is 11.5 Å². The van der Waals surface area contributed by atoms with E-state index in [4.69, 9.17) is 11.6 Å². The Hall–Kier alpha value is -0.890. The lowest BCUT2D eigenvalue weighted by atomic mass is 10.0. The van der Waals surface area contributed by atoms with E-state index in [1.807, 2.05) is 0 Å². The average molecular weight is 271 g/mol. The lowest BCUT2D eigenvalue weighted by Crippen LogP contribution is -1.88. The van der Waals surface area contributed by atoms with Crippen LogP contribution in [0.2, 0.25) is 5.02 Å². The standard InChI is InChI=1S/C15H23ClO2/c1-2-3-4-5-6-7-8-9-12-10-11-13(17)14(16)15(12)18/h10-11,17-18H,2-9H2,1H3. The molecule has 0 unspecified atom stereocenters. The fourth-order valence-corrected chi connectivity index (χ4v) is 2.25. The first-order chi connectivity index (χ1) is 8.66. The van der Waals surface area contributed by atoms with E-state index in [2.05, 4.69) is 6.92 Å². The number of rotatable bonds is 8. The topological polar surface area (TPSA) is 40.5 Å². The van der Waals surface area contributed by atoms with Gasteiger partial charge in [-0.2, -0.15) is 0 Å². The molecule has 0 saturated carbocycles. The van der Waals surface area contributed by atoms with Gasteiger partial charge in [0.2, 0.25) is 0 Å². The molecule has 0 fully saturated rings. The molecule has 0 spiro atoms. The molecular formula is C15H23ClO2. The van der Waals surface area contributed by atoms with Gasteiger partial charge in [0, 0.05) is 0 Å². The van der Waals surface area contributed by atoms with E-state index in [1.54, 1.807) is 12.1 Å². The summed E-state index contributed by atoms with van der Waals surface area (Å²) in [4.78, 5) is 0. The maximum atomic E-state index is 9.76. The summed E-state index contributed by atoms with van der Waals surface area (Å²) in [5.74, 6) is -0.0277. The van der Waals surface area contributed by atoms with Crippen LogP contribution in [0.1, 0.15) is 57.4 Å². The minimum absolute atomic E-state index is 0.0302. The van der Waals surface area contributed by atoms with Gasteiger partial charge in [0.05, 0.1) is 0 Å². The number of hydrogen-bond acceptors (Lipinski definition) is 2. The molecule has 0 aliphatic carbocycles. The van der Waals surface area contributed by atoms with Crippen LogP contribution < -0.4 is 0 Å². The van der Waals surface area contributed by atoms with Gasteiger partial charge in [0.1, 0.15) is 16.5 Å². The number of phenols is 2. The van der Waals surface area contributed by atoms with Crippen LogP contribution in [0.5, 0.6) is 11.5 Å². The zero-order valence-corrected chi connectivity index (χ0v) is 11.8. The number of phenolic OH excluding ortho intramolecular Hbond substituents is 2. The maximum Gasteiger partial charge on any atom is 0.141 e. The lowest BCUT2D eigenvalue weighted by molar-refractivity contribution is 0.445. The Morgan fingerprint density at radius 2 is 1.56 bits per heavy atom. The van der Waals surface area contributed by atoms with Crippen LogP contribution >= 0.6 is 11.6 Å². The van der Waals surface area contributed by atoms with Crippen molar-refractivity contribution in [2.75, 3.05) is 0 Å². The molecule has 1 aromatic rings. The summed E-state index contributed by atoms with van der Waals surface area (Å²) >= 11 is 5.78. The molecule has 0 heterocycles. The summed E-state index contributed by atoms with van der Waals surface area (Å²) in [5, 5.41) is 19.1. The molecule has 0 amide bonds. The minimum Gasteiger partial charge on any atom is -0.506 e. The molecule has 0 atom stereocenters. The van der Waals surface area contributed by atoms with Crippen molar-refractivity contribution < 1.29 is 10.2 Å². The molecule has 2 nitrogen and oxygen atoms in total. The van der Waals surface area contributed by atoms with Crippen molar-refractivity contribution in [1.82, 2.24) is 0 Å². The van der Waals surface area contributed by atoms with Gasteiger partial charge in [-0.25, -0.2) is 0 Å². The van der Waals surface area contributed by atoms with Gasteiger partial charge in [-0.05, 0) is 24.5 Å². The van der Waals surface area contributed by atoms with Gasteiger partial charge < -0.3 is 10.2 Å². The van der Waals surface area contributed by atoms with Crippen LogP contribution in [-0.2, 0) is 6.42 Å². The first-order valence-electron chi connectivity index (χ1n) is 6.86. The molecule has 102 valence electrons. The highest BCUT2D eigenvalue weighted by Crippen LogP contribution is 2.35. The third-order valence-corrected chi connectivity index (χ3v) is 3.60. The van der Waals surface area contributed by atoms with E-state index in [9.17, 15) is 10.2 Å². The van der Waals surface area contributed by atoms with Gasteiger partial charge in [-0.1, -0.05) is 63.1 Å². The fourth-order valence-electron chi connectivity index (χ4n) is 2.07. The quantitative estimate of drug-likeness (QED) is 0.650. The minimum atomic E-state index is -0.0579. The first kappa shape index (κ1) is 15.2. The molecule has 0 radical (unpaired) electrons. The van der Waals surface area contributed by atoms with Gasteiger partial charge in [0.25, 0.3) is 0 Å². The Labute approximate surface area is 115 Å². The Kier molecular flexibility index (Phi) is 6.96. The van der Waals surface area contributed by atoms with Crippen molar-refractivity contribution in [1.29, 1.82) is 0 Å². The highest BCUT2D eigenvalue weighted by atomic mass is 35.5. The van der Waals surface area contributed by atoms with E-state index >= 15 is 0 Å². The van der Waals surface area contributed by atoms with Crippen molar-refractivity contribution in [3.63, 3.8) is 0 Å². The average Bonchev–Trinajstić information content (AvgIpc) is 2.37. The second-order valence-corrected chi connectivity index (χ2v) is 5.16. The molecule has 3 heteroatoms. The summed E-state index contributed by atoms with van der Waals surface area (Å²) in [6.45, 7) is 2.22. The number of aromatic hydroxyl groups is 2. The van der Waals surface area contributed by atoms with E-state index < -0.39 is 0 Å². The molecule has 0 aromatic heterocycles. The van der Waals surface area contributed by atoms with E-state index in [0.29, 0.717) is 0 Å². The van der Waals surface area contributed by atoms with Crippen molar-refractivity contribution >= 4 is 11.6 Å². The van der Waals surface area contributed by atoms with Crippen LogP contribution in [-0.4, -0.2) is 10.2 Å². The van der Waals surface area contributed by atoms with E-state index in [1.165, 1.54) is 38.5 Å². The molecule has 1 rings (SSSR count). The molecule has 2 N–H and O–H groups in total. The van der Waals surface area contributed by atoms with Crippen LogP contribution in [0.25, 0.3) is 0 Å². The van der Waals surface area contributed by atoms with Crippen LogP contribution in [0, 0.1) is 0 Å². The van der Waals surface area contributed by atoms with Crippen molar-refractivity contribution in [2.45, 2.75) is 58.3 Å². The molecule has 18 heavy (non-hydrogen) atoms. The Morgan fingerprint density at radius 1 is 0.944 bits per heavy atom. The number of aryl methyl sites for hydroxylation is 1. The van der Waals surface area contributed by atoms with Crippen molar-refractivity contribution in [2.24, 2.45) is 0 Å². The number of benzene rings is 1. The smallest absolute Gasteiger partial charge is 0.141 e. The summed E-state index contributed by atoms with van der Waals surface area (Å²) in [6.07, 6.45) is 9.55. The van der Waals surface area contributed by atoms with Crippen LogP contribution in [0.4, 0.5) is 0 Å². The Bertz CT molecular complexity index is 364. The molecule has 0 bridgehead atoms. The van der Waals surface area contributed by atoms with E-state index in [0.717, 1.165) is 18.4 Å². The second-order valence-electron chi connectivity index (χ2n) is 4.78. The molecule has 0 aliphatic rings. The van der Waals surface area contributed by atoms with Crippen LogP contribution in [0.3, 0.4) is 0 Å². The summed E-state index contributed by atoms with van der Waals surface area (Å²) in [5.41, 5.74) is 0.825. The Morgan fingerprint density at radius 3 is 2.22 bits per heavy atom. The number of halogens is 1. The summed E-state index contributed by atoms with van der Waals surface area (Å²) in [7, 11) is 0. The number of unbranched alkanes of at least 4 members (excludes halogenated alkanes) is 6. The monoisotopic (exact) mass is 270 g/mol. The lowest BCUT2D eigenvalue weighted by Gasteiger charge is -2.07. The Balaban J connectivity index is 2.25. The predicted octanol–water partition coefficient (Wildman–Crippen LogP) is 5.04. The highest BCUT2D eigenvalue weighted by molar-refractivity contribution is 6.33. The van der Waals surface area contributed by atoms with Gasteiger partial charge in [-0.3, -0.25) is 0 Å². The maximum absolute atomic E-state index is 9.76. The highest BCUT2D eigenvalue weighted by Gasteiger charge is 2.09. The summed E-state index contributed by atoms with van der Waals surface area (Å²) in [6, 6.07) is 3.28. The molecular weight excluding hydrogens is 248 g/mol. The van der Waals surface area contributed by atoms with Gasteiger partial charge in [0.15, 0.2) is 0 Å². The zero-order chi connectivity index (χ0) is 13.4.